The molecule has 2 nitrogen and oxygen atoms in total. The molecule has 1 N–H and O–H groups in total. The Morgan fingerprint density at radius 2 is 1.83 bits per heavy atom. The summed E-state index contributed by atoms with van der Waals surface area (Å²) < 4.78 is 26.1. The van der Waals surface area contributed by atoms with Gasteiger partial charge >= 0.3 is 0 Å². The maximum absolute atomic E-state index is 13.0. The lowest BCUT2D eigenvalue weighted by molar-refractivity contribution is -0.130. The fourth-order valence-corrected chi connectivity index (χ4v) is 4.05. The Morgan fingerprint density at radius 3 is 2.22 bits per heavy atom. The van der Waals surface area contributed by atoms with Crippen molar-refractivity contribution in [2.45, 2.75) is 50.5 Å². The summed E-state index contributed by atoms with van der Waals surface area (Å²) >= 11 is 6.80. The van der Waals surface area contributed by atoms with E-state index in [0.717, 1.165) is 6.42 Å². The maximum atomic E-state index is 13.0. The van der Waals surface area contributed by atoms with E-state index < -0.39 is 5.92 Å². The first-order valence-electron chi connectivity index (χ1n) is 6.20. The molecule has 0 unspecified atom stereocenters. The van der Waals surface area contributed by atoms with E-state index in [4.69, 9.17) is 0 Å². The van der Waals surface area contributed by atoms with Crippen molar-refractivity contribution in [1.82, 2.24) is 5.32 Å². The second-order valence-corrected chi connectivity index (χ2v) is 6.14. The highest BCUT2D eigenvalue weighted by Gasteiger charge is 2.39. The van der Waals surface area contributed by atoms with Crippen LogP contribution in [-0.2, 0) is 4.79 Å². The zero-order chi connectivity index (χ0) is 13.8. The van der Waals surface area contributed by atoms with Gasteiger partial charge in [-0.05, 0) is 19.3 Å². The lowest BCUT2D eigenvalue weighted by Crippen LogP contribution is -2.53. The zero-order valence-corrected chi connectivity index (χ0v) is 13.6. The van der Waals surface area contributed by atoms with Gasteiger partial charge in [0.1, 0.15) is 0 Å². The minimum Gasteiger partial charge on any atom is -0.349 e. The molecule has 106 valence electrons. The van der Waals surface area contributed by atoms with Gasteiger partial charge in [-0.15, -0.1) is 0 Å². The topological polar surface area (TPSA) is 29.1 Å². The average molecular weight is 391 g/mol. The predicted molar refractivity (Wildman–Crippen MR) is 75.7 cm³/mol. The SMILES string of the molecule is CCC(CBr)(CBr)NC(=O)C1CCC(F)(F)CC1. The van der Waals surface area contributed by atoms with E-state index in [0.29, 0.717) is 10.7 Å². The Bertz CT molecular complexity index is 278. The molecule has 1 fully saturated rings. The normalized spacial score (nSPS) is 20.7. The third kappa shape index (κ3) is 4.15. The highest BCUT2D eigenvalue weighted by Crippen LogP contribution is 2.36. The van der Waals surface area contributed by atoms with Crippen LogP contribution in [0.25, 0.3) is 0 Å². The lowest BCUT2D eigenvalue weighted by atomic mass is 9.85. The van der Waals surface area contributed by atoms with Crippen LogP contribution in [0, 0.1) is 5.92 Å². The number of hydrogen-bond acceptors (Lipinski definition) is 1. The summed E-state index contributed by atoms with van der Waals surface area (Å²) in [4.78, 5) is 12.1. The van der Waals surface area contributed by atoms with Crippen molar-refractivity contribution < 1.29 is 13.6 Å². The summed E-state index contributed by atoms with van der Waals surface area (Å²) in [7, 11) is 0. The molecule has 0 atom stereocenters. The van der Waals surface area contributed by atoms with Crippen molar-refractivity contribution in [3.05, 3.63) is 0 Å². The second kappa shape index (κ2) is 6.64. The molecule has 0 aliphatic heterocycles. The summed E-state index contributed by atoms with van der Waals surface area (Å²) in [6.45, 7) is 2.00. The van der Waals surface area contributed by atoms with Gasteiger partial charge in [0.15, 0.2) is 0 Å². The van der Waals surface area contributed by atoms with E-state index in [1.807, 2.05) is 6.92 Å². The summed E-state index contributed by atoms with van der Waals surface area (Å²) in [5, 5.41) is 4.30. The molecule has 1 amide bonds. The van der Waals surface area contributed by atoms with E-state index in [2.05, 4.69) is 37.2 Å². The average Bonchev–Trinajstić information content (AvgIpc) is 2.36. The standard InChI is InChI=1S/C12H19Br2F2NO/c1-2-11(7-13,8-14)17-10(18)9-3-5-12(15,16)6-4-9/h9H,2-8H2,1H3,(H,17,18). The molecule has 0 saturated heterocycles. The molecule has 0 aromatic heterocycles. The smallest absolute Gasteiger partial charge is 0.248 e. The molecule has 1 aliphatic rings. The van der Waals surface area contributed by atoms with Crippen LogP contribution in [0.1, 0.15) is 39.0 Å². The molecule has 1 rings (SSSR count). The molecule has 0 heterocycles. The Morgan fingerprint density at radius 1 is 1.33 bits per heavy atom. The number of alkyl halides is 4. The van der Waals surface area contributed by atoms with Gasteiger partial charge in [0, 0.05) is 29.4 Å². The van der Waals surface area contributed by atoms with Crippen LogP contribution in [0.5, 0.6) is 0 Å². The van der Waals surface area contributed by atoms with Gasteiger partial charge in [0.25, 0.3) is 0 Å². The van der Waals surface area contributed by atoms with Gasteiger partial charge in [0.05, 0.1) is 5.54 Å². The van der Waals surface area contributed by atoms with E-state index in [-0.39, 0.29) is 43.0 Å². The van der Waals surface area contributed by atoms with Crippen molar-refractivity contribution in [2.75, 3.05) is 10.7 Å². The van der Waals surface area contributed by atoms with Crippen LogP contribution in [0.15, 0.2) is 0 Å². The van der Waals surface area contributed by atoms with Crippen LogP contribution < -0.4 is 5.32 Å². The van der Waals surface area contributed by atoms with Gasteiger partial charge in [-0.2, -0.15) is 0 Å². The minimum absolute atomic E-state index is 0.0914. The minimum atomic E-state index is -2.58. The third-order valence-corrected chi connectivity index (χ3v) is 5.81. The second-order valence-electron chi connectivity index (χ2n) is 5.02. The highest BCUT2D eigenvalue weighted by atomic mass is 79.9. The first-order chi connectivity index (χ1) is 8.38. The Hall–Kier alpha value is 0.290. The number of halogens is 4. The van der Waals surface area contributed by atoms with E-state index in [9.17, 15) is 13.6 Å². The lowest BCUT2D eigenvalue weighted by Gasteiger charge is -2.34. The predicted octanol–water partition coefficient (Wildman–Crippen LogP) is 3.87. The van der Waals surface area contributed by atoms with Crippen molar-refractivity contribution in [1.29, 1.82) is 0 Å². The molecule has 6 heteroatoms. The third-order valence-electron chi connectivity index (χ3n) is 3.66. The highest BCUT2D eigenvalue weighted by molar-refractivity contribution is 9.09. The van der Waals surface area contributed by atoms with Crippen LogP contribution >= 0.6 is 31.9 Å². The Kier molecular flexibility index (Phi) is 6.03. The number of nitrogens with one attached hydrogen (secondary N) is 1. The molecule has 1 aliphatic carbocycles. The van der Waals surface area contributed by atoms with Crippen LogP contribution in [-0.4, -0.2) is 28.0 Å². The molecule has 0 spiro atoms. The van der Waals surface area contributed by atoms with Crippen molar-refractivity contribution in [3.8, 4) is 0 Å². The fourth-order valence-electron chi connectivity index (χ4n) is 2.05. The monoisotopic (exact) mass is 389 g/mol. The first kappa shape index (κ1) is 16.3. The number of hydrogen-bond donors (Lipinski definition) is 1. The number of carbonyl (C=O) groups is 1. The Labute approximate surface area is 124 Å². The quantitative estimate of drug-likeness (QED) is 0.709. The van der Waals surface area contributed by atoms with Gasteiger partial charge in [-0.3, -0.25) is 4.79 Å². The fraction of sp³-hybridized carbons (Fsp3) is 0.917. The van der Waals surface area contributed by atoms with E-state index in [1.54, 1.807) is 0 Å². The molecule has 1 saturated carbocycles. The number of carbonyl (C=O) groups excluding carboxylic acids is 1. The van der Waals surface area contributed by atoms with Gasteiger partial charge in [-0.25, -0.2) is 8.78 Å². The molecular weight excluding hydrogens is 372 g/mol. The summed E-state index contributed by atoms with van der Waals surface area (Å²) in [5.41, 5.74) is -0.322. The van der Waals surface area contributed by atoms with Crippen molar-refractivity contribution in [3.63, 3.8) is 0 Å². The summed E-state index contributed by atoms with van der Waals surface area (Å²) in [6, 6.07) is 0. The van der Waals surface area contributed by atoms with Crippen molar-refractivity contribution in [2.24, 2.45) is 5.92 Å². The summed E-state index contributed by atoms with van der Waals surface area (Å²) in [6.07, 6.45) is 1.00. The molecule has 18 heavy (non-hydrogen) atoms. The number of amides is 1. The van der Waals surface area contributed by atoms with Crippen LogP contribution in [0.3, 0.4) is 0 Å². The molecule has 0 aromatic rings. The molecule has 0 aromatic carbocycles. The van der Waals surface area contributed by atoms with E-state index in [1.165, 1.54) is 0 Å². The maximum Gasteiger partial charge on any atom is 0.248 e. The molecular formula is C12H19Br2F2NO. The Balaban J connectivity index is 2.56. The van der Waals surface area contributed by atoms with Crippen LogP contribution in [0.4, 0.5) is 8.78 Å². The molecule has 0 radical (unpaired) electrons. The zero-order valence-electron chi connectivity index (χ0n) is 10.4. The molecule has 0 bridgehead atoms. The first-order valence-corrected chi connectivity index (χ1v) is 8.44. The van der Waals surface area contributed by atoms with Gasteiger partial charge < -0.3 is 5.32 Å². The van der Waals surface area contributed by atoms with E-state index >= 15 is 0 Å². The van der Waals surface area contributed by atoms with Crippen LogP contribution in [0.2, 0.25) is 0 Å². The van der Waals surface area contributed by atoms with Gasteiger partial charge in [-0.1, -0.05) is 38.8 Å². The summed E-state index contributed by atoms with van der Waals surface area (Å²) in [5.74, 6) is -2.94. The van der Waals surface area contributed by atoms with Gasteiger partial charge in [0.2, 0.25) is 11.8 Å². The van der Waals surface area contributed by atoms with Crippen molar-refractivity contribution >= 4 is 37.8 Å². The number of rotatable bonds is 5. The largest absolute Gasteiger partial charge is 0.349 e.